The third kappa shape index (κ3) is 12.1. The molecule has 0 bridgehead atoms. The Bertz CT molecular complexity index is 37.5. The van der Waals surface area contributed by atoms with Gasteiger partial charge in [-0.05, 0) is 0 Å². The van der Waals surface area contributed by atoms with Crippen LogP contribution < -0.4 is 0 Å². The molecule has 0 aliphatic carbocycles. The molecule has 0 aromatic carbocycles. The van der Waals surface area contributed by atoms with Gasteiger partial charge in [-0.2, -0.15) is 0 Å². The van der Waals surface area contributed by atoms with Gasteiger partial charge in [-0.1, -0.05) is 0 Å². The van der Waals surface area contributed by atoms with Gasteiger partial charge >= 0.3 is 29.6 Å². The van der Waals surface area contributed by atoms with Crippen LogP contribution >= 0.6 is 0 Å². The van der Waals surface area contributed by atoms with Crippen LogP contribution in [0.3, 0.4) is 0 Å². The van der Waals surface area contributed by atoms with Crippen molar-refractivity contribution in [2.75, 3.05) is 26.4 Å². The van der Waals surface area contributed by atoms with E-state index in [1.807, 2.05) is 0 Å². The Morgan fingerprint density at radius 1 is 0.889 bits per heavy atom. The zero-order chi connectivity index (χ0) is 6.24. The molecule has 0 heterocycles. The van der Waals surface area contributed by atoms with Gasteiger partial charge < -0.3 is 10.2 Å². The normalized spacial score (nSPS) is 8.67. The van der Waals surface area contributed by atoms with Crippen LogP contribution in [0.1, 0.15) is 0 Å². The number of hydrogen-bond acceptors (Lipinski definition) is 4. The molecular weight excluding hydrogens is 135 g/mol. The average Bonchev–Trinajstić information content (AvgIpc) is 1.81. The summed E-state index contributed by atoms with van der Waals surface area (Å²) < 4.78 is 0. The molecule has 0 radical (unpaired) electrons. The van der Waals surface area contributed by atoms with Crippen LogP contribution in [-0.2, 0) is 9.78 Å². The second-order valence-corrected chi connectivity index (χ2v) is 1.09. The molecule has 0 aromatic heterocycles. The fraction of sp³-hybridized carbons (Fsp3) is 1.00. The Hall–Kier alpha value is 0.840. The van der Waals surface area contributed by atoms with Crippen LogP contribution in [0.15, 0.2) is 0 Å². The SMILES string of the molecule is OCCOOCCO.[NaH]. The molecule has 0 aromatic rings. The summed E-state index contributed by atoms with van der Waals surface area (Å²) in [6.45, 7) is 0.177. The quantitative estimate of drug-likeness (QED) is 0.209. The van der Waals surface area contributed by atoms with Crippen LogP contribution in [0.5, 0.6) is 0 Å². The number of aliphatic hydroxyl groups is 2. The number of aliphatic hydroxyl groups excluding tert-OH is 2. The number of hydrogen-bond donors (Lipinski definition) is 2. The van der Waals surface area contributed by atoms with Gasteiger partial charge in [0, 0.05) is 0 Å². The van der Waals surface area contributed by atoms with Crippen molar-refractivity contribution in [1.29, 1.82) is 0 Å². The minimum atomic E-state index is -0.0641. The van der Waals surface area contributed by atoms with Crippen molar-refractivity contribution in [3.05, 3.63) is 0 Å². The molecule has 5 heteroatoms. The topological polar surface area (TPSA) is 58.9 Å². The van der Waals surface area contributed by atoms with E-state index < -0.39 is 0 Å². The maximum absolute atomic E-state index is 8.10. The van der Waals surface area contributed by atoms with E-state index in [-0.39, 0.29) is 56.0 Å². The summed E-state index contributed by atoms with van der Waals surface area (Å²) in [7, 11) is 0. The molecule has 0 atom stereocenters. The summed E-state index contributed by atoms with van der Waals surface area (Å²) in [5, 5.41) is 16.2. The van der Waals surface area contributed by atoms with Crippen molar-refractivity contribution in [3.63, 3.8) is 0 Å². The first-order valence-electron chi connectivity index (χ1n) is 2.38. The summed E-state index contributed by atoms with van der Waals surface area (Å²) in [5.41, 5.74) is 0. The van der Waals surface area contributed by atoms with Crippen molar-refractivity contribution >= 4 is 29.6 Å². The van der Waals surface area contributed by atoms with E-state index >= 15 is 0 Å². The van der Waals surface area contributed by atoms with Crippen molar-refractivity contribution < 1.29 is 20.0 Å². The van der Waals surface area contributed by atoms with Crippen LogP contribution in [-0.4, -0.2) is 66.2 Å². The first-order chi connectivity index (χ1) is 3.91. The molecule has 0 amide bonds. The van der Waals surface area contributed by atoms with E-state index in [2.05, 4.69) is 9.78 Å². The zero-order valence-corrected chi connectivity index (χ0v) is 4.54. The standard InChI is InChI=1S/C4H10O4.Na.H/c5-1-3-7-8-4-2-6;;/h5-6H,1-4H2;;. The van der Waals surface area contributed by atoms with Gasteiger partial charge in [-0.15, -0.1) is 0 Å². The van der Waals surface area contributed by atoms with E-state index in [1.165, 1.54) is 0 Å². The second kappa shape index (κ2) is 11.6. The van der Waals surface area contributed by atoms with Gasteiger partial charge in [0.05, 0.1) is 13.2 Å². The molecule has 0 rings (SSSR count). The molecule has 4 nitrogen and oxygen atoms in total. The van der Waals surface area contributed by atoms with Gasteiger partial charge in [0.15, 0.2) is 0 Å². The fourth-order valence-corrected chi connectivity index (χ4v) is 0.192. The maximum atomic E-state index is 8.10. The first kappa shape index (κ1) is 12.5. The third-order valence-electron chi connectivity index (χ3n) is 0.433. The summed E-state index contributed by atoms with van der Waals surface area (Å²) >= 11 is 0. The monoisotopic (exact) mass is 146 g/mol. The van der Waals surface area contributed by atoms with Crippen molar-refractivity contribution in [3.8, 4) is 0 Å². The van der Waals surface area contributed by atoms with Gasteiger partial charge in [-0.25, -0.2) is 9.78 Å². The number of rotatable bonds is 5. The minimum absolute atomic E-state index is 0. The summed E-state index contributed by atoms with van der Waals surface area (Å²) in [4.78, 5) is 8.63. The van der Waals surface area contributed by atoms with Gasteiger partial charge in [0.2, 0.25) is 0 Å². The molecule has 0 saturated carbocycles. The molecule has 0 saturated heterocycles. The van der Waals surface area contributed by atoms with Crippen molar-refractivity contribution in [2.45, 2.75) is 0 Å². The Morgan fingerprint density at radius 2 is 1.22 bits per heavy atom. The predicted molar refractivity (Wildman–Crippen MR) is 33.2 cm³/mol. The van der Waals surface area contributed by atoms with E-state index in [1.54, 1.807) is 0 Å². The van der Waals surface area contributed by atoms with Crippen LogP contribution in [0.2, 0.25) is 0 Å². The van der Waals surface area contributed by atoms with Crippen molar-refractivity contribution in [2.24, 2.45) is 0 Å². The predicted octanol–water partition coefficient (Wildman–Crippen LogP) is -1.73. The van der Waals surface area contributed by atoms with Crippen LogP contribution in [0.4, 0.5) is 0 Å². The second-order valence-electron chi connectivity index (χ2n) is 1.09. The van der Waals surface area contributed by atoms with E-state index in [9.17, 15) is 0 Å². The van der Waals surface area contributed by atoms with Crippen molar-refractivity contribution in [1.82, 2.24) is 0 Å². The van der Waals surface area contributed by atoms with Crippen LogP contribution in [0.25, 0.3) is 0 Å². The molecule has 0 unspecified atom stereocenters. The van der Waals surface area contributed by atoms with E-state index in [4.69, 9.17) is 10.2 Å². The third-order valence-corrected chi connectivity index (χ3v) is 0.433. The molecular formula is C4H11NaO4. The summed E-state index contributed by atoms with van der Waals surface area (Å²) in [5.74, 6) is 0. The molecule has 52 valence electrons. The van der Waals surface area contributed by atoms with E-state index in [0.717, 1.165) is 0 Å². The molecule has 9 heavy (non-hydrogen) atoms. The Kier molecular flexibility index (Phi) is 16.1. The Labute approximate surface area is 76.0 Å². The Morgan fingerprint density at radius 3 is 1.44 bits per heavy atom. The van der Waals surface area contributed by atoms with E-state index in [0.29, 0.717) is 0 Å². The molecule has 0 aliphatic heterocycles. The van der Waals surface area contributed by atoms with Gasteiger partial charge in [-0.3, -0.25) is 0 Å². The molecule has 0 aliphatic rings. The summed E-state index contributed by atoms with van der Waals surface area (Å²) in [6, 6.07) is 0. The molecule has 0 spiro atoms. The Balaban J connectivity index is 0. The van der Waals surface area contributed by atoms with Gasteiger partial charge in [0.1, 0.15) is 13.2 Å². The average molecular weight is 146 g/mol. The zero-order valence-electron chi connectivity index (χ0n) is 4.54. The molecule has 2 N–H and O–H groups in total. The molecule has 0 fully saturated rings. The first-order valence-corrected chi connectivity index (χ1v) is 2.38. The van der Waals surface area contributed by atoms with Gasteiger partial charge in [0.25, 0.3) is 0 Å². The fourth-order valence-electron chi connectivity index (χ4n) is 0.192. The summed E-state index contributed by atoms with van der Waals surface area (Å²) in [6.07, 6.45) is 0. The van der Waals surface area contributed by atoms with Crippen LogP contribution in [0, 0.1) is 0 Å².